The van der Waals surface area contributed by atoms with Crippen LogP contribution in [0.25, 0.3) is 11.0 Å². The average Bonchev–Trinajstić information content (AvgIpc) is 3.39. The maximum Gasteiger partial charge on any atom is 0.257 e. The van der Waals surface area contributed by atoms with Gasteiger partial charge in [0.1, 0.15) is 24.7 Å². The molecular formula is C25H30N6O4. The summed E-state index contributed by atoms with van der Waals surface area (Å²) in [6, 6.07) is 6.02. The third kappa shape index (κ3) is 4.45. The van der Waals surface area contributed by atoms with Crippen LogP contribution >= 0.6 is 0 Å². The van der Waals surface area contributed by atoms with E-state index in [-0.39, 0.29) is 5.91 Å². The van der Waals surface area contributed by atoms with Crippen molar-refractivity contribution in [2.45, 2.75) is 38.1 Å². The number of amides is 1. The normalized spacial score (nSPS) is 18.5. The summed E-state index contributed by atoms with van der Waals surface area (Å²) in [5, 5.41) is 7.90. The number of aromatic nitrogens is 3. The lowest BCUT2D eigenvalue weighted by molar-refractivity contribution is 0.0298. The second-order valence-corrected chi connectivity index (χ2v) is 9.16. The number of nitrogens with zero attached hydrogens (tertiary/aromatic N) is 3. The summed E-state index contributed by atoms with van der Waals surface area (Å²) in [4.78, 5) is 27.6. The third-order valence-electron chi connectivity index (χ3n) is 6.83. The van der Waals surface area contributed by atoms with E-state index in [1.165, 1.54) is 19.3 Å². The molecule has 3 aromatic rings. The van der Waals surface area contributed by atoms with E-state index in [0.29, 0.717) is 74.3 Å². The molecule has 6 rings (SSSR count). The molecule has 2 aliphatic heterocycles. The van der Waals surface area contributed by atoms with Gasteiger partial charge < -0.3 is 34.7 Å². The summed E-state index contributed by atoms with van der Waals surface area (Å²) in [5.41, 5.74) is 1.91. The standard InChI is InChI=1S/C25H30N6O4/c32-24(31-10-12-33-13-11-31)17-6-7-19(21-20(17)34-14-15-35-21)28-25-29-22-18(8-9-26-22)23(30-25)27-16-4-2-1-3-5-16/h6-9,16H,1-5,10-15H2,(H3,26,27,28,29,30). The number of fused-ring (bicyclic) bond motifs is 2. The van der Waals surface area contributed by atoms with E-state index < -0.39 is 0 Å². The molecule has 1 saturated heterocycles. The number of carbonyl (C=O) groups is 1. The van der Waals surface area contributed by atoms with Crippen LogP contribution in [0.5, 0.6) is 11.5 Å². The summed E-state index contributed by atoms with van der Waals surface area (Å²) in [6.07, 6.45) is 7.95. The van der Waals surface area contributed by atoms with Gasteiger partial charge in [0.25, 0.3) is 5.91 Å². The van der Waals surface area contributed by atoms with Crippen LogP contribution in [0.2, 0.25) is 0 Å². The first kappa shape index (κ1) is 22.0. The molecule has 10 nitrogen and oxygen atoms in total. The fraction of sp³-hybridized carbons (Fsp3) is 0.480. The van der Waals surface area contributed by atoms with E-state index in [2.05, 4.69) is 20.6 Å². The summed E-state index contributed by atoms with van der Waals surface area (Å²) >= 11 is 0. The molecule has 0 unspecified atom stereocenters. The van der Waals surface area contributed by atoms with E-state index in [4.69, 9.17) is 19.2 Å². The van der Waals surface area contributed by atoms with Crippen molar-refractivity contribution >= 4 is 34.4 Å². The topological polar surface area (TPSA) is 114 Å². The van der Waals surface area contributed by atoms with Gasteiger partial charge in [0.15, 0.2) is 11.5 Å². The quantitative estimate of drug-likeness (QED) is 0.509. The van der Waals surface area contributed by atoms with Crippen molar-refractivity contribution in [3.05, 3.63) is 30.0 Å². The highest BCUT2D eigenvalue weighted by molar-refractivity contribution is 5.99. The van der Waals surface area contributed by atoms with E-state index in [0.717, 1.165) is 29.7 Å². The Balaban J connectivity index is 1.30. The zero-order valence-corrected chi connectivity index (χ0v) is 19.6. The summed E-state index contributed by atoms with van der Waals surface area (Å²) in [7, 11) is 0. The van der Waals surface area contributed by atoms with Gasteiger partial charge in [-0.2, -0.15) is 9.97 Å². The molecule has 184 valence electrons. The molecule has 0 atom stereocenters. The first-order chi connectivity index (χ1) is 17.3. The number of rotatable bonds is 5. The van der Waals surface area contributed by atoms with Crippen LogP contribution in [0.1, 0.15) is 42.5 Å². The Labute approximate surface area is 203 Å². The number of morpholine rings is 1. The number of hydrogen-bond donors (Lipinski definition) is 3. The number of anilines is 3. The van der Waals surface area contributed by atoms with Crippen molar-refractivity contribution in [1.82, 2.24) is 19.9 Å². The molecule has 3 aliphatic rings. The minimum atomic E-state index is -0.0791. The monoisotopic (exact) mass is 478 g/mol. The van der Waals surface area contributed by atoms with Gasteiger partial charge in [-0.05, 0) is 31.0 Å². The Morgan fingerprint density at radius 1 is 0.971 bits per heavy atom. The second kappa shape index (κ2) is 9.61. The lowest BCUT2D eigenvalue weighted by Crippen LogP contribution is -2.41. The van der Waals surface area contributed by atoms with E-state index in [1.54, 1.807) is 11.0 Å². The summed E-state index contributed by atoms with van der Waals surface area (Å²) in [6.45, 7) is 3.01. The number of nitrogens with one attached hydrogen (secondary N) is 3. The predicted octanol–water partition coefficient (Wildman–Crippen LogP) is 3.69. The number of aromatic amines is 1. The molecule has 1 saturated carbocycles. The Morgan fingerprint density at radius 3 is 2.60 bits per heavy atom. The fourth-order valence-electron chi connectivity index (χ4n) is 5.01. The SMILES string of the molecule is O=C(c1ccc(Nc2nc(NC3CCCCC3)c3cc[nH]c3n2)c2c1OCCO2)N1CCOCC1. The lowest BCUT2D eigenvalue weighted by atomic mass is 9.95. The molecule has 10 heteroatoms. The van der Waals surface area contributed by atoms with Gasteiger partial charge in [0.05, 0.1) is 29.9 Å². The molecule has 3 N–H and O–H groups in total. The van der Waals surface area contributed by atoms with E-state index in [9.17, 15) is 4.79 Å². The zero-order valence-electron chi connectivity index (χ0n) is 19.6. The van der Waals surface area contributed by atoms with Gasteiger partial charge in [0.2, 0.25) is 5.95 Å². The molecule has 2 fully saturated rings. The number of H-pyrrole nitrogens is 1. The van der Waals surface area contributed by atoms with Crippen molar-refractivity contribution in [2.24, 2.45) is 0 Å². The number of benzene rings is 1. The highest BCUT2D eigenvalue weighted by Gasteiger charge is 2.28. The van der Waals surface area contributed by atoms with Gasteiger partial charge in [-0.1, -0.05) is 19.3 Å². The number of hydrogen-bond acceptors (Lipinski definition) is 8. The average molecular weight is 479 g/mol. The van der Waals surface area contributed by atoms with Crippen LogP contribution in [-0.2, 0) is 4.74 Å². The summed E-state index contributed by atoms with van der Waals surface area (Å²) in [5.74, 6) is 2.15. The van der Waals surface area contributed by atoms with Crippen molar-refractivity contribution in [3.63, 3.8) is 0 Å². The maximum absolute atomic E-state index is 13.2. The lowest BCUT2D eigenvalue weighted by Gasteiger charge is -2.29. The van der Waals surface area contributed by atoms with Gasteiger partial charge in [-0.25, -0.2) is 0 Å². The van der Waals surface area contributed by atoms with Crippen LogP contribution in [0, 0.1) is 0 Å². The van der Waals surface area contributed by atoms with Crippen LogP contribution in [0.15, 0.2) is 24.4 Å². The molecule has 1 aliphatic carbocycles. The molecule has 2 aromatic heterocycles. The Bertz CT molecular complexity index is 1220. The Morgan fingerprint density at radius 2 is 1.77 bits per heavy atom. The molecule has 0 radical (unpaired) electrons. The highest BCUT2D eigenvalue weighted by atomic mass is 16.6. The molecule has 4 heterocycles. The van der Waals surface area contributed by atoms with Crippen LogP contribution < -0.4 is 20.1 Å². The minimum absolute atomic E-state index is 0.0791. The van der Waals surface area contributed by atoms with Gasteiger partial charge in [-0.3, -0.25) is 4.79 Å². The van der Waals surface area contributed by atoms with Crippen molar-refractivity contribution < 1.29 is 19.0 Å². The minimum Gasteiger partial charge on any atom is -0.485 e. The smallest absolute Gasteiger partial charge is 0.257 e. The zero-order chi connectivity index (χ0) is 23.6. The molecule has 35 heavy (non-hydrogen) atoms. The Hall–Kier alpha value is -3.53. The van der Waals surface area contributed by atoms with Crippen molar-refractivity contribution in [2.75, 3.05) is 50.2 Å². The van der Waals surface area contributed by atoms with E-state index in [1.807, 2.05) is 18.3 Å². The highest BCUT2D eigenvalue weighted by Crippen LogP contribution is 2.42. The number of carbonyl (C=O) groups excluding carboxylic acids is 1. The van der Waals surface area contributed by atoms with Crippen molar-refractivity contribution in [1.29, 1.82) is 0 Å². The molecule has 0 bridgehead atoms. The molecule has 1 amide bonds. The van der Waals surface area contributed by atoms with Gasteiger partial charge >= 0.3 is 0 Å². The largest absolute Gasteiger partial charge is 0.485 e. The van der Waals surface area contributed by atoms with Crippen LogP contribution in [0.4, 0.5) is 17.5 Å². The summed E-state index contributed by atoms with van der Waals surface area (Å²) < 4.78 is 17.3. The maximum atomic E-state index is 13.2. The first-order valence-corrected chi connectivity index (χ1v) is 12.4. The fourth-order valence-corrected chi connectivity index (χ4v) is 5.01. The van der Waals surface area contributed by atoms with Crippen LogP contribution in [-0.4, -0.2) is 71.3 Å². The Kier molecular flexibility index (Phi) is 6.03. The van der Waals surface area contributed by atoms with Crippen molar-refractivity contribution in [3.8, 4) is 11.5 Å². The molecule has 1 aromatic carbocycles. The molecule has 0 spiro atoms. The molecular weight excluding hydrogens is 448 g/mol. The second-order valence-electron chi connectivity index (χ2n) is 9.16. The van der Waals surface area contributed by atoms with Gasteiger partial charge in [0, 0.05) is 25.3 Å². The predicted molar refractivity (Wildman–Crippen MR) is 132 cm³/mol. The van der Waals surface area contributed by atoms with E-state index >= 15 is 0 Å². The number of ether oxygens (including phenoxy) is 3. The first-order valence-electron chi connectivity index (χ1n) is 12.4. The van der Waals surface area contributed by atoms with Gasteiger partial charge in [-0.15, -0.1) is 0 Å². The van der Waals surface area contributed by atoms with Crippen LogP contribution in [0.3, 0.4) is 0 Å². The third-order valence-corrected chi connectivity index (χ3v) is 6.83.